The summed E-state index contributed by atoms with van der Waals surface area (Å²) in [5.74, 6) is 1.00. The minimum atomic E-state index is 0.288. The van der Waals surface area contributed by atoms with Gasteiger partial charge in [-0.1, -0.05) is 33.6 Å². The third kappa shape index (κ3) is 5.94. The SMILES string of the molecule is CC(C)(C)C1CCC(=O)N(CCCCCCO)CC1. The van der Waals surface area contributed by atoms with Crippen LogP contribution in [0.5, 0.6) is 0 Å². The number of aliphatic hydroxyl groups is 1. The quantitative estimate of drug-likeness (QED) is 0.752. The lowest BCUT2D eigenvalue weighted by atomic mass is 9.77. The zero-order valence-corrected chi connectivity index (χ0v) is 13.0. The zero-order chi connectivity index (χ0) is 14.3. The summed E-state index contributed by atoms with van der Waals surface area (Å²) in [5, 5.41) is 8.73. The number of rotatable bonds is 6. The molecule has 1 heterocycles. The molecule has 0 aromatic heterocycles. The van der Waals surface area contributed by atoms with Gasteiger partial charge in [-0.25, -0.2) is 0 Å². The Morgan fingerprint density at radius 1 is 1.16 bits per heavy atom. The third-order valence-electron chi connectivity index (χ3n) is 4.37. The van der Waals surface area contributed by atoms with Crippen LogP contribution in [-0.4, -0.2) is 35.6 Å². The van der Waals surface area contributed by atoms with E-state index >= 15 is 0 Å². The molecule has 1 N–H and O–H groups in total. The number of amides is 1. The Labute approximate surface area is 118 Å². The van der Waals surface area contributed by atoms with Crippen molar-refractivity contribution in [2.75, 3.05) is 19.7 Å². The lowest BCUT2D eigenvalue weighted by Gasteiger charge is -2.29. The van der Waals surface area contributed by atoms with Crippen LogP contribution in [0, 0.1) is 11.3 Å². The summed E-state index contributed by atoms with van der Waals surface area (Å²) in [6.45, 7) is 8.98. The van der Waals surface area contributed by atoms with Crippen molar-refractivity contribution in [3.63, 3.8) is 0 Å². The van der Waals surface area contributed by atoms with Gasteiger partial charge in [0.25, 0.3) is 0 Å². The molecule has 0 aromatic rings. The Bertz CT molecular complexity index is 270. The Balaban J connectivity index is 2.33. The number of hydrogen-bond donors (Lipinski definition) is 1. The lowest BCUT2D eigenvalue weighted by molar-refractivity contribution is -0.130. The molecule has 1 rings (SSSR count). The van der Waals surface area contributed by atoms with E-state index in [1.54, 1.807) is 0 Å². The highest BCUT2D eigenvalue weighted by molar-refractivity contribution is 5.76. The van der Waals surface area contributed by atoms with Crippen LogP contribution in [0.3, 0.4) is 0 Å². The Kier molecular flexibility index (Phi) is 6.84. The average Bonchev–Trinajstić information content (AvgIpc) is 2.51. The van der Waals surface area contributed by atoms with Gasteiger partial charge < -0.3 is 10.0 Å². The number of unbranched alkanes of at least 4 members (excludes halogenated alkanes) is 3. The Hall–Kier alpha value is -0.570. The largest absolute Gasteiger partial charge is 0.396 e. The maximum Gasteiger partial charge on any atom is 0.222 e. The molecule has 112 valence electrons. The summed E-state index contributed by atoms with van der Waals surface area (Å²) >= 11 is 0. The van der Waals surface area contributed by atoms with E-state index in [4.69, 9.17) is 5.11 Å². The molecule has 0 bridgehead atoms. The Morgan fingerprint density at radius 3 is 2.47 bits per heavy atom. The number of carbonyl (C=O) groups is 1. The van der Waals surface area contributed by atoms with E-state index in [0.29, 0.717) is 17.2 Å². The first-order valence-corrected chi connectivity index (χ1v) is 7.84. The Morgan fingerprint density at radius 2 is 1.84 bits per heavy atom. The van der Waals surface area contributed by atoms with Crippen LogP contribution in [0.25, 0.3) is 0 Å². The van der Waals surface area contributed by atoms with Gasteiger partial charge in [0, 0.05) is 26.1 Å². The average molecular weight is 269 g/mol. The fourth-order valence-electron chi connectivity index (χ4n) is 2.91. The van der Waals surface area contributed by atoms with E-state index in [9.17, 15) is 4.79 Å². The smallest absolute Gasteiger partial charge is 0.222 e. The van der Waals surface area contributed by atoms with Gasteiger partial charge in [-0.05, 0) is 37.0 Å². The van der Waals surface area contributed by atoms with Crippen molar-refractivity contribution in [3.05, 3.63) is 0 Å². The van der Waals surface area contributed by atoms with E-state index < -0.39 is 0 Å². The molecule has 1 unspecified atom stereocenters. The van der Waals surface area contributed by atoms with Crippen molar-refractivity contribution in [1.29, 1.82) is 0 Å². The molecule has 0 aromatic carbocycles. The topological polar surface area (TPSA) is 40.5 Å². The van der Waals surface area contributed by atoms with E-state index in [0.717, 1.165) is 58.0 Å². The number of aliphatic hydroxyl groups excluding tert-OH is 1. The summed E-state index contributed by atoms with van der Waals surface area (Å²) in [4.78, 5) is 14.2. The van der Waals surface area contributed by atoms with Gasteiger partial charge in [0.1, 0.15) is 0 Å². The molecule has 1 amide bonds. The second-order valence-electron chi connectivity index (χ2n) is 6.91. The molecule has 19 heavy (non-hydrogen) atoms. The van der Waals surface area contributed by atoms with Crippen LogP contribution in [0.15, 0.2) is 0 Å². The fourth-order valence-corrected chi connectivity index (χ4v) is 2.91. The summed E-state index contributed by atoms with van der Waals surface area (Å²) in [6.07, 6.45) is 7.07. The van der Waals surface area contributed by atoms with Gasteiger partial charge in [0.15, 0.2) is 0 Å². The molecule has 1 atom stereocenters. The van der Waals surface area contributed by atoms with Crippen molar-refractivity contribution in [1.82, 2.24) is 4.90 Å². The van der Waals surface area contributed by atoms with Gasteiger partial charge in [0.2, 0.25) is 5.91 Å². The fraction of sp³-hybridized carbons (Fsp3) is 0.938. The second-order valence-corrected chi connectivity index (χ2v) is 6.91. The highest BCUT2D eigenvalue weighted by Crippen LogP contribution is 2.34. The maximum absolute atomic E-state index is 12.1. The molecule has 1 saturated heterocycles. The minimum Gasteiger partial charge on any atom is -0.396 e. The molecule has 1 aliphatic heterocycles. The normalized spacial score (nSPS) is 21.6. The highest BCUT2D eigenvalue weighted by atomic mass is 16.2. The first-order chi connectivity index (χ1) is 8.95. The second kappa shape index (κ2) is 7.88. The lowest BCUT2D eigenvalue weighted by Crippen LogP contribution is -2.31. The monoisotopic (exact) mass is 269 g/mol. The number of nitrogens with zero attached hydrogens (tertiary/aromatic N) is 1. The van der Waals surface area contributed by atoms with E-state index in [1.165, 1.54) is 0 Å². The third-order valence-corrected chi connectivity index (χ3v) is 4.37. The van der Waals surface area contributed by atoms with Gasteiger partial charge >= 0.3 is 0 Å². The van der Waals surface area contributed by atoms with Gasteiger partial charge in [-0.3, -0.25) is 4.79 Å². The molecule has 1 aliphatic rings. The van der Waals surface area contributed by atoms with Crippen molar-refractivity contribution in [3.8, 4) is 0 Å². The summed E-state index contributed by atoms with van der Waals surface area (Å²) in [6, 6.07) is 0. The zero-order valence-electron chi connectivity index (χ0n) is 13.0. The number of carbonyl (C=O) groups excluding carboxylic acids is 1. The summed E-state index contributed by atoms with van der Waals surface area (Å²) in [5.41, 5.74) is 0.317. The van der Waals surface area contributed by atoms with Gasteiger partial charge in [-0.15, -0.1) is 0 Å². The first-order valence-electron chi connectivity index (χ1n) is 7.84. The molecule has 0 radical (unpaired) electrons. The van der Waals surface area contributed by atoms with Crippen LogP contribution < -0.4 is 0 Å². The number of likely N-dealkylation sites (tertiary alicyclic amines) is 1. The molecule has 0 aliphatic carbocycles. The van der Waals surface area contributed by atoms with Crippen molar-refractivity contribution >= 4 is 5.91 Å². The van der Waals surface area contributed by atoms with Crippen LogP contribution in [0.2, 0.25) is 0 Å². The molecule has 0 saturated carbocycles. The molecular formula is C16H31NO2. The standard InChI is InChI=1S/C16H31NO2/c1-16(2,3)14-8-9-15(19)17(12-10-14)11-6-4-5-7-13-18/h14,18H,4-13H2,1-3H3. The van der Waals surface area contributed by atoms with E-state index in [-0.39, 0.29) is 6.61 Å². The van der Waals surface area contributed by atoms with Crippen LogP contribution in [-0.2, 0) is 4.79 Å². The highest BCUT2D eigenvalue weighted by Gasteiger charge is 2.29. The number of hydrogen-bond acceptors (Lipinski definition) is 2. The van der Waals surface area contributed by atoms with Crippen LogP contribution in [0.1, 0.15) is 65.7 Å². The molecule has 1 fully saturated rings. The van der Waals surface area contributed by atoms with Crippen molar-refractivity contribution < 1.29 is 9.90 Å². The van der Waals surface area contributed by atoms with Gasteiger partial charge in [-0.2, -0.15) is 0 Å². The predicted octanol–water partition coefficient (Wildman–Crippen LogP) is 3.21. The van der Waals surface area contributed by atoms with Crippen molar-refractivity contribution in [2.24, 2.45) is 11.3 Å². The first kappa shape index (κ1) is 16.5. The van der Waals surface area contributed by atoms with E-state index in [2.05, 4.69) is 25.7 Å². The molecule has 3 heteroatoms. The predicted molar refractivity (Wildman–Crippen MR) is 78.9 cm³/mol. The summed E-state index contributed by atoms with van der Waals surface area (Å²) < 4.78 is 0. The van der Waals surface area contributed by atoms with E-state index in [1.807, 2.05) is 0 Å². The molecular weight excluding hydrogens is 238 g/mol. The molecule has 0 spiro atoms. The van der Waals surface area contributed by atoms with Gasteiger partial charge in [0.05, 0.1) is 0 Å². The van der Waals surface area contributed by atoms with Crippen molar-refractivity contribution in [2.45, 2.75) is 65.7 Å². The maximum atomic E-state index is 12.1. The summed E-state index contributed by atoms with van der Waals surface area (Å²) in [7, 11) is 0. The molecule has 3 nitrogen and oxygen atoms in total. The minimum absolute atomic E-state index is 0.288. The van der Waals surface area contributed by atoms with Crippen LogP contribution >= 0.6 is 0 Å². The van der Waals surface area contributed by atoms with Crippen LogP contribution in [0.4, 0.5) is 0 Å².